The Morgan fingerprint density at radius 2 is 1.85 bits per heavy atom. The number of fused-ring (bicyclic) bond motifs is 1. The number of amides is 1. The Labute approximate surface area is 162 Å². The average Bonchev–Trinajstić information content (AvgIpc) is 3.33. The van der Waals surface area contributed by atoms with Crippen LogP contribution in [0, 0.1) is 0 Å². The van der Waals surface area contributed by atoms with Crippen LogP contribution in [0.1, 0.15) is 17.9 Å². The fourth-order valence-electron chi connectivity index (χ4n) is 3.34. The van der Waals surface area contributed by atoms with Crippen LogP contribution in [0.15, 0.2) is 79.3 Å². The summed E-state index contributed by atoms with van der Waals surface area (Å²) in [5.41, 5.74) is 2.96. The minimum absolute atomic E-state index is 0.00279. The van der Waals surface area contributed by atoms with Gasteiger partial charge in [-0.2, -0.15) is 0 Å². The summed E-state index contributed by atoms with van der Waals surface area (Å²) in [5, 5.41) is 4.80. The molecule has 1 atom stereocenters. The second kappa shape index (κ2) is 7.72. The number of anilines is 1. The molecule has 2 aromatic heterocycles. The smallest absolute Gasteiger partial charge is 0.225 e. The standard InChI is InChI=1S/C22H20ClN3O/c23-19-5-3-16(4-6-19)18(15-26-11-1-2-12-26)14-22(27)25-20-7-8-21-17(13-20)9-10-24-21/h1-13,18,24H,14-15H2,(H,25,27). The van der Waals surface area contributed by atoms with Crippen LogP contribution < -0.4 is 5.32 Å². The number of hydrogen-bond acceptors (Lipinski definition) is 1. The van der Waals surface area contributed by atoms with Gasteiger partial charge in [-0.3, -0.25) is 4.79 Å². The van der Waals surface area contributed by atoms with Crippen LogP contribution in [0.4, 0.5) is 5.69 Å². The molecule has 0 aliphatic carbocycles. The monoisotopic (exact) mass is 377 g/mol. The Hall–Kier alpha value is -2.98. The molecular weight excluding hydrogens is 358 g/mol. The first kappa shape index (κ1) is 17.4. The van der Waals surface area contributed by atoms with E-state index in [4.69, 9.17) is 11.6 Å². The highest BCUT2D eigenvalue weighted by molar-refractivity contribution is 6.30. The van der Waals surface area contributed by atoms with Crippen molar-refractivity contribution in [1.29, 1.82) is 0 Å². The Bertz CT molecular complexity index is 1040. The van der Waals surface area contributed by atoms with Gasteiger partial charge in [-0.15, -0.1) is 0 Å². The summed E-state index contributed by atoms with van der Waals surface area (Å²) in [6.45, 7) is 0.735. The summed E-state index contributed by atoms with van der Waals surface area (Å²) in [6, 6.07) is 19.6. The highest BCUT2D eigenvalue weighted by Gasteiger charge is 2.17. The fraction of sp³-hybridized carbons (Fsp3) is 0.136. The van der Waals surface area contributed by atoms with E-state index in [0.717, 1.165) is 28.7 Å². The minimum atomic E-state index is -0.00279. The van der Waals surface area contributed by atoms with E-state index in [0.29, 0.717) is 11.4 Å². The maximum Gasteiger partial charge on any atom is 0.225 e. The third-order valence-corrected chi connectivity index (χ3v) is 4.96. The molecule has 1 amide bonds. The summed E-state index contributed by atoms with van der Waals surface area (Å²) in [4.78, 5) is 15.9. The van der Waals surface area contributed by atoms with Gasteiger partial charge in [0.1, 0.15) is 0 Å². The maximum atomic E-state index is 12.7. The lowest BCUT2D eigenvalue weighted by Gasteiger charge is -2.18. The normalized spacial score (nSPS) is 12.2. The van der Waals surface area contributed by atoms with E-state index in [1.807, 2.05) is 79.3 Å². The summed E-state index contributed by atoms with van der Waals surface area (Å²) in [5.74, 6) is 0.0580. The van der Waals surface area contributed by atoms with Gasteiger partial charge in [0, 0.05) is 59.1 Å². The molecule has 0 spiro atoms. The second-order valence-electron chi connectivity index (χ2n) is 6.66. The Morgan fingerprint density at radius 1 is 1.07 bits per heavy atom. The lowest BCUT2D eigenvalue weighted by Crippen LogP contribution is -2.18. The van der Waals surface area contributed by atoms with Crippen molar-refractivity contribution >= 4 is 34.1 Å². The van der Waals surface area contributed by atoms with Crippen LogP contribution in [-0.2, 0) is 11.3 Å². The van der Waals surface area contributed by atoms with Crippen molar-refractivity contribution < 1.29 is 4.79 Å². The summed E-state index contributed by atoms with van der Waals surface area (Å²) < 4.78 is 2.10. The van der Waals surface area contributed by atoms with Gasteiger partial charge in [-0.1, -0.05) is 23.7 Å². The van der Waals surface area contributed by atoms with Crippen LogP contribution in [0.2, 0.25) is 5.02 Å². The molecule has 4 nitrogen and oxygen atoms in total. The van der Waals surface area contributed by atoms with E-state index in [9.17, 15) is 4.79 Å². The number of hydrogen-bond donors (Lipinski definition) is 2. The van der Waals surface area contributed by atoms with Crippen molar-refractivity contribution in [2.24, 2.45) is 0 Å². The van der Waals surface area contributed by atoms with Crippen LogP contribution in [0.25, 0.3) is 10.9 Å². The third-order valence-electron chi connectivity index (χ3n) is 4.71. The van der Waals surface area contributed by atoms with E-state index >= 15 is 0 Å². The zero-order chi connectivity index (χ0) is 18.6. The molecule has 0 bridgehead atoms. The molecule has 4 rings (SSSR count). The molecule has 1 unspecified atom stereocenters. The summed E-state index contributed by atoms with van der Waals surface area (Å²) in [6.07, 6.45) is 6.32. The Kier molecular flexibility index (Phi) is 4.99. The maximum absolute atomic E-state index is 12.7. The van der Waals surface area contributed by atoms with Crippen LogP contribution in [0.3, 0.4) is 0 Å². The molecule has 0 radical (unpaired) electrons. The predicted octanol–water partition coefficient (Wildman–Crippen LogP) is 5.44. The first-order valence-corrected chi connectivity index (χ1v) is 9.28. The number of nitrogens with zero attached hydrogens (tertiary/aromatic N) is 1. The zero-order valence-electron chi connectivity index (χ0n) is 14.7. The summed E-state index contributed by atoms with van der Waals surface area (Å²) in [7, 11) is 0. The fourth-order valence-corrected chi connectivity index (χ4v) is 3.46. The lowest BCUT2D eigenvalue weighted by atomic mass is 9.95. The van der Waals surface area contributed by atoms with E-state index in [2.05, 4.69) is 14.9 Å². The molecule has 2 N–H and O–H groups in total. The highest BCUT2D eigenvalue weighted by atomic mass is 35.5. The Balaban J connectivity index is 1.50. The van der Waals surface area contributed by atoms with E-state index in [1.54, 1.807) is 0 Å². The van der Waals surface area contributed by atoms with Gasteiger partial charge in [0.05, 0.1) is 0 Å². The number of benzene rings is 2. The first-order chi connectivity index (χ1) is 13.2. The van der Waals surface area contributed by atoms with Crippen molar-refractivity contribution in [1.82, 2.24) is 9.55 Å². The van der Waals surface area contributed by atoms with Gasteiger partial charge in [0.25, 0.3) is 0 Å². The molecule has 0 saturated heterocycles. The van der Waals surface area contributed by atoms with Crippen molar-refractivity contribution in [3.63, 3.8) is 0 Å². The number of carbonyl (C=O) groups is 1. The van der Waals surface area contributed by atoms with Crippen molar-refractivity contribution in [3.8, 4) is 0 Å². The average molecular weight is 378 g/mol. The Morgan fingerprint density at radius 3 is 2.63 bits per heavy atom. The van der Waals surface area contributed by atoms with Gasteiger partial charge in [0.2, 0.25) is 5.91 Å². The molecule has 4 aromatic rings. The molecular formula is C22H20ClN3O. The molecule has 0 aliphatic rings. The molecule has 136 valence electrons. The summed E-state index contributed by atoms with van der Waals surface area (Å²) >= 11 is 6.02. The number of rotatable bonds is 6. The number of aromatic amines is 1. The quantitative estimate of drug-likeness (QED) is 0.462. The molecule has 2 heterocycles. The predicted molar refractivity (Wildman–Crippen MR) is 110 cm³/mol. The number of aromatic nitrogens is 2. The minimum Gasteiger partial charge on any atom is -0.361 e. The number of nitrogens with one attached hydrogen (secondary N) is 2. The van der Waals surface area contributed by atoms with Gasteiger partial charge >= 0.3 is 0 Å². The van der Waals surface area contributed by atoms with E-state index < -0.39 is 0 Å². The van der Waals surface area contributed by atoms with Crippen molar-refractivity contribution in [2.75, 3.05) is 5.32 Å². The van der Waals surface area contributed by atoms with Crippen LogP contribution in [-0.4, -0.2) is 15.5 Å². The lowest BCUT2D eigenvalue weighted by molar-refractivity contribution is -0.116. The number of halogens is 1. The SMILES string of the molecule is O=C(CC(Cn1cccc1)c1ccc(Cl)cc1)Nc1ccc2[nH]ccc2c1. The zero-order valence-corrected chi connectivity index (χ0v) is 15.5. The van der Waals surface area contributed by atoms with Gasteiger partial charge in [-0.05, 0) is 54.1 Å². The first-order valence-electron chi connectivity index (χ1n) is 8.90. The second-order valence-corrected chi connectivity index (χ2v) is 7.10. The molecule has 0 saturated carbocycles. The van der Waals surface area contributed by atoms with Crippen molar-refractivity contribution in [3.05, 3.63) is 89.8 Å². The molecule has 0 fully saturated rings. The van der Waals surface area contributed by atoms with Gasteiger partial charge in [0.15, 0.2) is 0 Å². The van der Waals surface area contributed by atoms with Crippen LogP contribution >= 0.6 is 11.6 Å². The van der Waals surface area contributed by atoms with Gasteiger partial charge in [-0.25, -0.2) is 0 Å². The van der Waals surface area contributed by atoms with Crippen LogP contribution in [0.5, 0.6) is 0 Å². The van der Waals surface area contributed by atoms with E-state index in [-0.39, 0.29) is 11.8 Å². The molecule has 2 aromatic carbocycles. The third kappa shape index (κ3) is 4.23. The number of H-pyrrole nitrogens is 1. The topological polar surface area (TPSA) is 49.8 Å². The van der Waals surface area contributed by atoms with Gasteiger partial charge < -0.3 is 14.9 Å². The molecule has 0 aliphatic heterocycles. The largest absolute Gasteiger partial charge is 0.361 e. The highest BCUT2D eigenvalue weighted by Crippen LogP contribution is 2.25. The number of carbonyl (C=O) groups excluding carboxylic acids is 1. The molecule has 5 heteroatoms. The molecule has 27 heavy (non-hydrogen) atoms. The van der Waals surface area contributed by atoms with Crippen molar-refractivity contribution in [2.45, 2.75) is 18.9 Å². The van der Waals surface area contributed by atoms with E-state index in [1.165, 1.54) is 0 Å².